The SMILES string of the molecule is O=C(O)CCNC(=O)c1ccc(N(Cc2ccc(C3CCCCC3)cc2)C(=O)Nc2cc(C(F)(F)F)cc(C(F)(F)F)c2)cc1. The number of anilines is 2. The van der Waals surface area contributed by atoms with Crippen molar-refractivity contribution in [3.8, 4) is 0 Å². The zero-order chi connectivity index (χ0) is 32.8. The Balaban J connectivity index is 1.62. The largest absolute Gasteiger partial charge is 0.481 e. The zero-order valence-corrected chi connectivity index (χ0v) is 24.0. The first-order chi connectivity index (χ1) is 21.2. The number of alkyl halides is 6. The van der Waals surface area contributed by atoms with Crippen molar-refractivity contribution in [3.05, 3.63) is 94.5 Å². The first-order valence-corrected chi connectivity index (χ1v) is 14.3. The van der Waals surface area contributed by atoms with Crippen LogP contribution in [0.2, 0.25) is 0 Å². The molecule has 1 saturated carbocycles. The second-order valence-corrected chi connectivity index (χ2v) is 10.8. The molecule has 7 nitrogen and oxygen atoms in total. The molecule has 0 unspecified atom stereocenters. The van der Waals surface area contributed by atoms with Gasteiger partial charge in [-0.3, -0.25) is 14.5 Å². The Hall–Kier alpha value is -4.55. The van der Waals surface area contributed by atoms with Gasteiger partial charge >= 0.3 is 24.4 Å². The molecule has 0 saturated heterocycles. The maximum atomic E-state index is 13.5. The van der Waals surface area contributed by atoms with E-state index in [0.29, 0.717) is 23.6 Å². The van der Waals surface area contributed by atoms with Gasteiger partial charge in [0.1, 0.15) is 0 Å². The van der Waals surface area contributed by atoms with Gasteiger partial charge in [-0.25, -0.2) is 4.79 Å². The number of urea groups is 1. The van der Waals surface area contributed by atoms with E-state index in [1.54, 1.807) is 0 Å². The van der Waals surface area contributed by atoms with Gasteiger partial charge in [-0.1, -0.05) is 43.5 Å². The van der Waals surface area contributed by atoms with Gasteiger partial charge in [0, 0.05) is 23.5 Å². The first-order valence-electron chi connectivity index (χ1n) is 14.3. The van der Waals surface area contributed by atoms with Gasteiger partial charge in [-0.2, -0.15) is 26.3 Å². The van der Waals surface area contributed by atoms with E-state index in [9.17, 15) is 40.7 Å². The van der Waals surface area contributed by atoms with Gasteiger partial charge in [-0.15, -0.1) is 0 Å². The third-order valence-corrected chi connectivity index (χ3v) is 7.55. The van der Waals surface area contributed by atoms with Crippen LogP contribution < -0.4 is 15.5 Å². The molecule has 0 aromatic heterocycles. The molecule has 0 heterocycles. The summed E-state index contributed by atoms with van der Waals surface area (Å²) in [6.45, 7) is -0.204. The number of carbonyl (C=O) groups excluding carboxylic acids is 2. The van der Waals surface area contributed by atoms with E-state index < -0.39 is 47.1 Å². The molecular weight excluding hydrogens is 604 g/mol. The predicted molar refractivity (Wildman–Crippen MR) is 155 cm³/mol. The van der Waals surface area contributed by atoms with Crippen LogP contribution in [0, 0.1) is 0 Å². The Morgan fingerprint density at radius 2 is 1.38 bits per heavy atom. The van der Waals surface area contributed by atoms with Crippen molar-refractivity contribution in [2.75, 3.05) is 16.8 Å². The van der Waals surface area contributed by atoms with Crippen LogP contribution in [0.4, 0.5) is 42.5 Å². The molecule has 3 amide bonds. The Morgan fingerprint density at radius 3 is 1.91 bits per heavy atom. The van der Waals surface area contributed by atoms with Crippen molar-refractivity contribution in [1.82, 2.24) is 5.32 Å². The molecule has 0 atom stereocenters. The zero-order valence-electron chi connectivity index (χ0n) is 24.0. The summed E-state index contributed by atoms with van der Waals surface area (Å²) in [5, 5.41) is 13.4. The molecule has 0 radical (unpaired) electrons. The second-order valence-electron chi connectivity index (χ2n) is 10.8. The normalized spacial score (nSPS) is 14.1. The fourth-order valence-corrected chi connectivity index (χ4v) is 5.19. The molecule has 3 N–H and O–H groups in total. The van der Waals surface area contributed by atoms with E-state index >= 15 is 0 Å². The standard InChI is InChI=1S/C32H31F6N3O4/c33-31(34,35)24-16-25(32(36,37)38)18-26(17-24)40-30(45)41(19-20-6-8-22(9-7-20)21-4-2-1-3-5-21)27-12-10-23(11-13-27)29(44)39-15-14-28(42)43/h6-13,16-18,21H,1-5,14-15,19H2,(H,39,44)(H,40,45)(H,42,43). The molecule has 0 spiro atoms. The highest BCUT2D eigenvalue weighted by molar-refractivity contribution is 6.02. The third-order valence-electron chi connectivity index (χ3n) is 7.55. The summed E-state index contributed by atoms with van der Waals surface area (Å²) < 4.78 is 80.5. The highest BCUT2D eigenvalue weighted by Gasteiger charge is 2.37. The van der Waals surface area contributed by atoms with Crippen LogP contribution in [-0.4, -0.2) is 29.6 Å². The minimum absolute atomic E-state index is 0.0263. The molecule has 0 aliphatic heterocycles. The number of carboxylic acid groups (broad SMARTS) is 1. The van der Waals surface area contributed by atoms with E-state index in [-0.39, 0.29) is 36.8 Å². The van der Waals surface area contributed by atoms with Crippen LogP contribution >= 0.6 is 0 Å². The summed E-state index contributed by atoms with van der Waals surface area (Å²) in [5.41, 5.74) is -1.69. The lowest BCUT2D eigenvalue weighted by Crippen LogP contribution is -2.35. The minimum atomic E-state index is -5.10. The number of benzene rings is 3. The average molecular weight is 636 g/mol. The summed E-state index contributed by atoms with van der Waals surface area (Å²) in [5.74, 6) is -1.24. The number of carbonyl (C=O) groups is 3. The van der Waals surface area contributed by atoms with Gasteiger partial charge in [0.05, 0.1) is 24.1 Å². The molecule has 1 fully saturated rings. The van der Waals surface area contributed by atoms with Crippen molar-refractivity contribution in [3.63, 3.8) is 0 Å². The lowest BCUT2D eigenvalue weighted by Gasteiger charge is -2.25. The summed E-state index contributed by atoms with van der Waals surface area (Å²) in [6.07, 6.45) is -4.87. The van der Waals surface area contributed by atoms with Gasteiger partial charge in [-0.05, 0) is 72.4 Å². The smallest absolute Gasteiger partial charge is 0.416 e. The van der Waals surface area contributed by atoms with Gasteiger partial charge in [0.15, 0.2) is 0 Å². The number of carboxylic acids is 1. The molecule has 45 heavy (non-hydrogen) atoms. The number of halogens is 6. The number of aliphatic carboxylic acids is 1. The van der Waals surface area contributed by atoms with Crippen molar-refractivity contribution in [2.24, 2.45) is 0 Å². The van der Waals surface area contributed by atoms with Gasteiger partial charge in [0.25, 0.3) is 5.91 Å². The van der Waals surface area contributed by atoms with Crippen LogP contribution in [0.25, 0.3) is 0 Å². The second kappa shape index (κ2) is 14.0. The van der Waals surface area contributed by atoms with E-state index in [2.05, 4.69) is 10.6 Å². The van der Waals surface area contributed by atoms with Crippen LogP contribution in [-0.2, 0) is 23.7 Å². The topological polar surface area (TPSA) is 98.7 Å². The molecule has 1 aliphatic rings. The molecule has 13 heteroatoms. The van der Waals surface area contributed by atoms with Crippen molar-refractivity contribution < 1.29 is 45.8 Å². The summed E-state index contributed by atoms with van der Waals surface area (Å²) in [4.78, 5) is 37.7. The van der Waals surface area contributed by atoms with Crippen LogP contribution in [0.5, 0.6) is 0 Å². The minimum Gasteiger partial charge on any atom is -0.481 e. The number of nitrogens with one attached hydrogen (secondary N) is 2. The first kappa shape index (κ1) is 33.3. The molecular formula is C32H31F6N3O4. The quantitative estimate of drug-likeness (QED) is 0.207. The summed E-state index contributed by atoms with van der Waals surface area (Å²) >= 11 is 0. The number of hydrogen-bond acceptors (Lipinski definition) is 3. The summed E-state index contributed by atoms with van der Waals surface area (Å²) in [6, 6.07) is 12.9. The predicted octanol–water partition coefficient (Wildman–Crippen LogP) is 8.22. The Kier molecular flexibility index (Phi) is 10.4. The van der Waals surface area contributed by atoms with Crippen LogP contribution in [0.3, 0.4) is 0 Å². The van der Waals surface area contributed by atoms with E-state index in [1.807, 2.05) is 24.3 Å². The van der Waals surface area contributed by atoms with Crippen molar-refractivity contribution in [1.29, 1.82) is 0 Å². The van der Waals surface area contributed by atoms with E-state index in [0.717, 1.165) is 36.1 Å². The van der Waals surface area contributed by atoms with Crippen LogP contribution in [0.1, 0.15) is 77.1 Å². The third kappa shape index (κ3) is 9.22. The van der Waals surface area contributed by atoms with Gasteiger partial charge < -0.3 is 15.7 Å². The lowest BCUT2D eigenvalue weighted by molar-refractivity contribution is -0.143. The maximum absolute atomic E-state index is 13.5. The van der Waals surface area contributed by atoms with E-state index in [1.165, 1.54) is 30.7 Å². The number of rotatable bonds is 9. The number of hydrogen-bond donors (Lipinski definition) is 3. The average Bonchev–Trinajstić information content (AvgIpc) is 2.99. The Bertz CT molecular complexity index is 1470. The fraction of sp³-hybridized carbons (Fsp3) is 0.344. The maximum Gasteiger partial charge on any atom is 0.416 e. The molecule has 3 aromatic rings. The summed E-state index contributed by atoms with van der Waals surface area (Å²) in [7, 11) is 0. The van der Waals surface area contributed by atoms with Crippen LogP contribution in [0.15, 0.2) is 66.7 Å². The van der Waals surface area contributed by atoms with Crippen molar-refractivity contribution >= 4 is 29.3 Å². The monoisotopic (exact) mass is 635 g/mol. The molecule has 240 valence electrons. The van der Waals surface area contributed by atoms with Crippen molar-refractivity contribution in [2.45, 2.75) is 63.3 Å². The lowest BCUT2D eigenvalue weighted by atomic mass is 9.84. The van der Waals surface area contributed by atoms with Gasteiger partial charge in [0.2, 0.25) is 0 Å². The molecule has 4 rings (SSSR count). The fourth-order valence-electron chi connectivity index (χ4n) is 5.19. The number of amides is 3. The van der Waals surface area contributed by atoms with E-state index in [4.69, 9.17) is 5.11 Å². The molecule has 1 aliphatic carbocycles. The Morgan fingerprint density at radius 1 is 0.800 bits per heavy atom. The molecule has 0 bridgehead atoms. The highest BCUT2D eigenvalue weighted by Crippen LogP contribution is 2.38. The molecule has 3 aromatic carbocycles. The number of nitrogens with zero attached hydrogens (tertiary/aromatic N) is 1. The Labute approximate surface area is 255 Å². The highest BCUT2D eigenvalue weighted by atomic mass is 19.4.